The molecule has 0 unspecified atom stereocenters. The second kappa shape index (κ2) is 11.0. The van der Waals surface area contributed by atoms with Gasteiger partial charge in [-0.15, -0.1) is 0 Å². The van der Waals surface area contributed by atoms with E-state index >= 15 is 0 Å². The van der Waals surface area contributed by atoms with Gasteiger partial charge in [-0.05, 0) is 48.9 Å². The van der Waals surface area contributed by atoms with Gasteiger partial charge in [0.2, 0.25) is 0 Å². The number of nitrogens with zero attached hydrogens (tertiary/aromatic N) is 6. The zero-order valence-electron chi connectivity index (χ0n) is 24.2. The first-order chi connectivity index (χ1) is 20.8. The maximum atomic E-state index is 14.6. The van der Waals surface area contributed by atoms with E-state index in [-0.39, 0.29) is 35.7 Å². The van der Waals surface area contributed by atoms with E-state index in [1.807, 2.05) is 9.58 Å². The topological polar surface area (TPSA) is 105 Å². The van der Waals surface area contributed by atoms with Gasteiger partial charge in [0, 0.05) is 67.9 Å². The van der Waals surface area contributed by atoms with Crippen LogP contribution < -0.4 is 10.2 Å². The molecule has 1 fully saturated rings. The highest BCUT2D eigenvalue weighted by Gasteiger charge is 2.40. The number of carbonyl (C=O) groups is 1. The van der Waals surface area contributed by atoms with Crippen LogP contribution in [0, 0.1) is 0 Å². The molecule has 0 radical (unpaired) electrons. The molecule has 44 heavy (non-hydrogen) atoms. The Hall–Kier alpha value is -3.69. The van der Waals surface area contributed by atoms with Gasteiger partial charge in [-0.2, -0.15) is 23.4 Å². The summed E-state index contributed by atoms with van der Waals surface area (Å²) in [5.41, 5.74) is 0.219. The van der Waals surface area contributed by atoms with Gasteiger partial charge in [-0.25, -0.2) is 22.0 Å². The number of anilines is 2. The second-order valence-electron chi connectivity index (χ2n) is 11.5. The number of halogens is 5. The number of hydrogen-bond acceptors (Lipinski definition) is 6. The van der Waals surface area contributed by atoms with Crippen molar-refractivity contribution in [3.8, 4) is 11.1 Å². The van der Waals surface area contributed by atoms with Crippen LogP contribution in [0.1, 0.15) is 59.8 Å². The third-order valence-electron chi connectivity index (χ3n) is 8.68. The van der Waals surface area contributed by atoms with E-state index in [0.29, 0.717) is 62.3 Å². The van der Waals surface area contributed by atoms with Gasteiger partial charge >= 0.3 is 12.2 Å². The molecular weight excluding hydrogens is 609 g/mol. The summed E-state index contributed by atoms with van der Waals surface area (Å²) in [5.74, 6) is 0.550. The Morgan fingerprint density at radius 3 is 2.45 bits per heavy atom. The van der Waals surface area contributed by atoms with E-state index < -0.39 is 39.3 Å². The van der Waals surface area contributed by atoms with Crippen molar-refractivity contribution in [3.63, 3.8) is 0 Å². The summed E-state index contributed by atoms with van der Waals surface area (Å²) < 4.78 is 97.7. The molecule has 10 nitrogen and oxygen atoms in total. The number of nitrogens with one attached hydrogen (secondary N) is 1. The fraction of sp³-hybridized carbons (Fsp3) is 0.536. The number of aromatic nitrogens is 4. The van der Waals surface area contributed by atoms with Crippen LogP contribution in [0.4, 0.5) is 38.3 Å². The van der Waals surface area contributed by atoms with Crippen molar-refractivity contribution < 1.29 is 35.2 Å². The largest absolute Gasteiger partial charge is 0.435 e. The molecule has 16 heteroatoms. The highest BCUT2D eigenvalue weighted by Crippen LogP contribution is 2.45. The SMILES string of the molecule is CNC(=O)N1CCc2c(c(N3CCCc4cc(-c5cn(C)nc5C(F)(F)F)c(C(F)F)cc43)nn2C2CCS(=O)(=O)CC2)C1. The third kappa shape index (κ3) is 5.41. The smallest absolute Gasteiger partial charge is 0.341 e. The first-order valence-electron chi connectivity index (χ1n) is 14.4. The van der Waals surface area contributed by atoms with E-state index in [4.69, 9.17) is 5.10 Å². The van der Waals surface area contributed by atoms with E-state index in [1.54, 1.807) is 4.90 Å². The summed E-state index contributed by atoms with van der Waals surface area (Å²) in [6.07, 6.45) is -4.51. The third-order valence-corrected chi connectivity index (χ3v) is 10.4. The number of rotatable bonds is 4. The minimum Gasteiger partial charge on any atom is -0.341 e. The van der Waals surface area contributed by atoms with Crippen molar-refractivity contribution in [3.05, 3.63) is 46.4 Å². The zero-order chi connectivity index (χ0) is 31.6. The van der Waals surface area contributed by atoms with Crippen LogP contribution in [0.3, 0.4) is 0 Å². The number of fused-ring (bicyclic) bond motifs is 2. The Bertz CT molecular complexity index is 1700. The fourth-order valence-electron chi connectivity index (χ4n) is 6.58. The summed E-state index contributed by atoms with van der Waals surface area (Å²) in [7, 11) is -0.294. The summed E-state index contributed by atoms with van der Waals surface area (Å²) in [4.78, 5) is 16.0. The molecule has 0 saturated carbocycles. The summed E-state index contributed by atoms with van der Waals surface area (Å²) in [6.45, 7) is 1.05. The van der Waals surface area contributed by atoms with Crippen LogP contribution >= 0.6 is 0 Å². The molecule has 2 aromatic heterocycles. The van der Waals surface area contributed by atoms with Gasteiger partial charge in [0.1, 0.15) is 9.84 Å². The maximum Gasteiger partial charge on any atom is 0.435 e. The molecule has 2 amide bonds. The van der Waals surface area contributed by atoms with Gasteiger partial charge in [-0.3, -0.25) is 9.36 Å². The van der Waals surface area contributed by atoms with Gasteiger partial charge < -0.3 is 15.1 Å². The highest BCUT2D eigenvalue weighted by molar-refractivity contribution is 7.91. The van der Waals surface area contributed by atoms with Crippen LogP contribution in [0.25, 0.3) is 11.1 Å². The molecule has 1 saturated heterocycles. The molecule has 5 heterocycles. The number of amides is 2. The lowest BCUT2D eigenvalue weighted by Gasteiger charge is -2.33. The van der Waals surface area contributed by atoms with E-state index in [9.17, 15) is 35.2 Å². The minimum absolute atomic E-state index is 0.0350. The summed E-state index contributed by atoms with van der Waals surface area (Å²) >= 11 is 0. The lowest BCUT2D eigenvalue weighted by Crippen LogP contribution is -2.42. The number of sulfone groups is 1. The van der Waals surface area contributed by atoms with Crippen molar-refractivity contribution in [1.82, 2.24) is 29.8 Å². The second-order valence-corrected chi connectivity index (χ2v) is 13.8. The Balaban J connectivity index is 1.48. The molecule has 6 rings (SSSR count). The van der Waals surface area contributed by atoms with Crippen molar-refractivity contribution >= 4 is 27.4 Å². The van der Waals surface area contributed by atoms with Crippen molar-refractivity contribution in [2.45, 2.75) is 57.3 Å². The Morgan fingerprint density at radius 1 is 1.07 bits per heavy atom. The molecule has 238 valence electrons. The van der Waals surface area contributed by atoms with Crippen LogP contribution in [0.15, 0.2) is 18.3 Å². The summed E-state index contributed by atoms with van der Waals surface area (Å²) in [6, 6.07) is 2.20. The molecule has 0 atom stereocenters. The van der Waals surface area contributed by atoms with E-state index in [1.165, 1.54) is 26.2 Å². The predicted octanol–water partition coefficient (Wildman–Crippen LogP) is 4.77. The Kier molecular flexibility index (Phi) is 7.61. The van der Waals surface area contributed by atoms with Gasteiger partial charge in [0.25, 0.3) is 6.43 Å². The minimum atomic E-state index is -4.83. The van der Waals surface area contributed by atoms with Crippen LogP contribution in [-0.4, -0.2) is 70.6 Å². The van der Waals surface area contributed by atoms with Crippen LogP contribution in [-0.2, 0) is 42.4 Å². The highest BCUT2D eigenvalue weighted by atomic mass is 32.2. The number of carbonyl (C=O) groups excluding carboxylic acids is 1. The molecule has 1 N–H and O–H groups in total. The molecule has 3 aliphatic rings. The predicted molar refractivity (Wildman–Crippen MR) is 152 cm³/mol. The molecule has 3 aliphatic heterocycles. The lowest BCUT2D eigenvalue weighted by molar-refractivity contribution is -0.141. The number of benzene rings is 1. The van der Waals surface area contributed by atoms with Gasteiger partial charge in [0.05, 0.1) is 24.1 Å². The molecule has 1 aromatic carbocycles. The lowest BCUT2D eigenvalue weighted by atomic mass is 9.91. The number of aryl methyl sites for hydroxylation is 2. The van der Waals surface area contributed by atoms with Crippen LogP contribution in [0.5, 0.6) is 0 Å². The normalized spacial score (nSPS) is 18.8. The molecular formula is C28H32F5N7O3S. The van der Waals surface area contributed by atoms with E-state index in [2.05, 4.69) is 10.4 Å². The number of alkyl halides is 5. The number of urea groups is 1. The average molecular weight is 642 g/mol. The first-order valence-corrected chi connectivity index (χ1v) is 16.2. The van der Waals surface area contributed by atoms with Crippen molar-refractivity contribution in [2.75, 3.05) is 36.5 Å². The fourth-order valence-corrected chi connectivity index (χ4v) is 8.04. The van der Waals surface area contributed by atoms with Gasteiger partial charge in [0.15, 0.2) is 11.5 Å². The monoisotopic (exact) mass is 641 g/mol. The quantitative estimate of drug-likeness (QED) is 0.412. The zero-order valence-corrected chi connectivity index (χ0v) is 25.0. The molecule has 3 aromatic rings. The Labute approximate surface area is 250 Å². The standard InChI is InChI=1S/C28H32F5N7O3S/c1-34-27(41)38-9-5-22-21(15-38)26(36-40(22)17-6-10-44(42,43)11-7-17)39-8-3-4-16-12-18(19(25(29)30)13-23(16)39)20-14-37(2)35-24(20)28(31,32)33/h12-14,17,25H,3-11,15H2,1-2H3,(H,34,41). The van der Waals surface area contributed by atoms with Gasteiger partial charge in [-0.1, -0.05) is 0 Å². The Morgan fingerprint density at radius 2 is 1.80 bits per heavy atom. The van der Waals surface area contributed by atoms with E-state index in [0.717, 1.165) is 22.1 Å². The maximum absolute atomic E-state index is 14.6. The van der Waals surface area contributed by atoms with Crippen LogP contribution in [0.2, 0.25) is 0 Å². The number of hydrogen-bond donors (Lipinski definition) is 1. The van der Waals surface area contributed by atoms with Crippen molar-refractivity contribution in [1.29, 1.82) is 0 Å². The molecule has 0 aliphatic carbocycles. The first kappa shape index (κ1) is 30.3. The molecule has 0 spiro atoms. The van der Waals surface area contributed by atoms with Crippen molar-refractivity contribution in [2.24, 2.45) is 7.05 Å². The summed E-state index contributed by atoms with van der Waals surface area (Å²) in [5, 5.41) is 11.1. The average Bonchev–Trinajstić information content (AvgIpc) is 3.56. The molecule has 0 bridgehead atoms.